The molecule has 2 atom stereocenters. The molecule has 2 aromatic heterocycles. The van der Waals surface area contributed by atoms with Gasteiger partial charge in [0, 0.05) is 47.1 Å². The molecule has 8 rings (SSSR count). The summed E-state index contributed by atoms with van der Waals surface area (Å²) in [5.41, 5.74) is 3.48. The summed E-state index contributed by atoms with van der Waals surface area (Å²) in [5.74, 6) is 9.44. The molecule has 12 heteroatoms. The van der Waals surface area contributed by atoms with Crippen LogP contribution in [0.25, 0.3) is 21.8 Å². The van der Waals surface area contributed by atoms with Crippen molar-refractivity contribution >= 4 is 50.1 Å². The number of hydrogen-bond acceptors (Lipinski definition) is 6. The average Bonchev–Trinajstić information content (AvgIpc) is 3.75. The molecule has 276 valence electrons. The fourth-order valence-corrected chi connectivity index (χ4v) is 6.99. The van der Waals surface area contributed by atoms with Crippen molar-refractivity contribution in [3.63, 3.8) is 0 Å². The van der Waals surface area contributed by atoms with Gasteiger partial charge in [0.05, 0.1) is 33.9 Å². The number of nitrogens with zero attached hydrogens (tertiary/aromatic N) is 4. The molecule has 2 unspecified atom stereocenters. The van der Waals surface area contributed by atoms with Crippen molar-refractivity contribution in [1.82, 2.24) is 29.7 Å². The molecule has 0 amide bonds. The van der Waals surface area contributed by atoms with Gasteiger partial charge in [0.25, 0.3) is 11.1 Å². The maximum Gasteiger partial charge on any atom is 0.261 e. The van der Waals surface area contributed by atoms with E-state index in [1.807, 2.05) is 53.6 Å². The molecule has 4 heterocycles. The maximum absolute atomic E-state index is 13.2. The molecule has 0 bridgehead atoms. The van der Waals surface area contributed by atoms with E-state index in [4.69, 9.17) is 6.42 Å². The molecule has 6 aromatic rings. The van der Waals surface area contributed by atoms with Crippen LogP contribution in [0.2, 0.25) is 0 Å². The Balaban J connectivity index is 0.000000173. The maximum atomic E-state index is 13.2. The number of hydrogen-bond donors (Lipinski definition) is 2. The lowest BCUT2D eigenvalue weighted by atomic mass is 10.1. The molecule has 0 aliphatic carbocycles. The number of terminal acetylenes is 1. The highest BCUT2D eigenvalue weighted by Gasteiger charge is 2.26. The number of rotatable bonds is 4. The molecule has 2 aliphatic rings. The summed E-state index contributed by atoms with van der Waals surface area (Å²) in [6.07, 6.45) is 8.59. The molecule has 8 nitrogen and oxygen atoms in total. The summed E-state index contributed by atoms with van der Waals surface area (Å²) in [6.45, 7) is 1.58. The number of halogens is 4. The molecular weight excluding hydrogens is 774 g/mol. The van der Waals surface area contributed by atoms with E-state index in [0.717, 1.165) is 66.0 Å². The first-order valence-electron chi connectivity index (χ1n) is 17.2. The van der Waals surface area contributed by atoms with Gasteiger partial charge in [-0.1, -0.05) is 45.8 Å². The Morgan fingerprint density at radius 3 is 1.70 bits per heavy atom. The van der Waals surface area contributed by atoms with Crippen LogP contribution >= 0.6 is 28.3 Å². The summed E-state index contributed by atoms with van der Waals surface area (Å²) in [7, 11) is 3.80. The zero-order chi connectivity index (χ0) is 37.5. The van der Waals surface area contributed by atoms with Gasteiger partial charge in [0.2, 0.25) is 0 Å². The monoisotopic (exact) mass is 810 g/mol. The normalized spacial score (nSPS) is 15.0. The predicted molar refractivity (Wildman–Crippen MR) is 216 cm³/mol. The van der Waals surface area contributed by atoms with Crippen LogP contribution in [-0.4, -0.2) is 46.3 Å². The third-order valence-electron chi connectivity index (χ3n) is 9.09. The Morgan fingerprint density at radius 1 is 0.722 bits per heavy atom. The highest BCUT2D eigenvalue weighted by Crippen LogP contribution is 2.25. The van der Waals surface area contributed by atoms with Crippen LogP contribution in [-0.2, 0) is 12.8 Å². The number of fused-ring (bicyclic) bond motifs is 4. The first kappa shape index (κ1) is 40.0. The smallest absolute Gasteiger partial charge is 0.261 e. The second-order valence-electron chi connectivity index (χ2n) is 12.7. The van der Waals surface area contributed by atoms with Crippen LogP contribution < -0.4 is 21.8 Å². The summed E-state index contributed by atoms with van der Waals surface area (Å²) in [5, 5.41) is 7.58. The van der Waals surface area contributed by atoms with Gasteiger partial charge in [-0.15, -0.1) is 18.8 Å². The number of aromatic nitrogens is 4. The first-order chi connectivity index (χ1) is 25.7. The average molecular weight is 812 g/mol. The second kappa shape index (κ2) is 18.2. The highest BCUT2D eigenvalue weighted by atomic mass is 79.9. The minimum Gasteiger partial charge on any atom is -0.318 e. The summed E-state index contributed by atoms with van der Waals surface area (Å²) in [4.78, 5) is 34.6. The lowest BCUT2D eigenvalue weighted by Gasteiger charge is -2.14. The topological polar surface area (TPSA) is 93.8 Å². The van der Waals surface area contributed by atoms with Crippen LogP contribution in [0.4, 0.5) is 8.78 Å². The lowest BCUT2D eigenvalue weighted by Crippen LogP contribution is -2.29. The molecule has 0 radical (unpaired) electrons. The van der Waals surface area contributed by atoms with Crippen molar-refractivity contribution in [1.29, 1.82) is 0 Å². The number of likely N-dealkylation sites (N-methyl/N-ethyl adjacent to an activating group) is 2. The Hall–Kier alpha value is -5.17. The standard InChI is InChI=1S/C21H18FN3O.C13H14BrN3O.C8H5F.ClH/c1-23-13-17-8-10-20-24-19-12-15(7-9-18(19)21(26)25(17)20)6-5-14-3-2-4-16(22)11-14;1-15-7-9-3-5-12-16-11-6-8(14)2-4-10(11)13(18)17(9)12;1-2-7-4-3-5-8(9)6-7;/h2-4,7,9,11-12,17,23H,8,10,13H2,1H3;2,4,6,9,15H,3,5,7H2,1H3;1,3-6H;1H. The minimum atomic E-state index is -0.309. The fourth-order valence-electron chi connectivity index (χ4n) is 6.64. The molecular formula is C42H38BrClF2N6O2. The van der Waals surface area contributed by atoms with Gasteiger partial charge in [-0.05, 0) is 99.7 Å². The van der Waals surface area contributed by atoms with Crippen LogP contribution in [0, 0.1) is 35.8 Å². The molecule has 0 spiro atoms. The number of benzene rings is 4. The summed E-state index contributed by atoms with van der Waals surface area (Å²) < 4.78 is 30.1. The van der Waals surface area contributed by atoms with Crippen LogP contribution in [0.3, 0.4) is 0 Å². The van der Waals surface area contributed by atoms with Gasteiger partial charge in [-0.2, -0.15) is 0 Å². The van der Waals surface area contributed by atoms with Crippen molar-refractivity contribution in [3.05, 3.63) is 150 Å². The van der Waals surface area contributed by atoms with Crippen molar-refractivity contribution in [2.24, 2.45) is 0 Å². The van der Waals surface area contributed by atoms with Gasteiger partial charge >= 0.3 is 0 Å². The molecule has 0 fully saturated rings. The zero-order valence-corrected chi connectivity index (χ0v) is 32.1. The van der Waals surface area contributed by atoms with Crippen LogP contribution in [0.5, 0.6) is 0 Å². The Morgan fingerprint density at radius 2 is 1.20 bits per heavy atom. The van der Waals surface area contributed by atoms with Gasteiger partial charge in [-0.25, -0.2) is 18.7 Å². The van der Waals surface area contributed by atoms with Crippen LogP contribution in [0.15, 0.2) is 99.0 Å². The quantitative estimate of drug-likeness (QED) is 0.192. The summed E-state index contributed by atoms with van der Waals surface area (Å²) in [6, 6.07) is 23.6. The summed E-state index contributed by atoms with van der Waals surface area (Å²) >= 11 is 3.42. The molecule has 54 heavy (non-hydrogen) atoms. The van der Waals surface area contributed by atoms with E-state index < -0.39 is 0 Å². The Labute approximate surface area is 326 Å². The zero-order valence-electron chi connectivity index (χ0n) is 29.7. The Bertz CT molecular complexity index is 2540. The van der Waals surface area contributed by atoms with Crippen molar-refractivity contribution in [2.45, 2.75) is 37.8 Å². The first-order valence-corrected chi connectivity index (χ1v) is 18.0. The van der Waals surface area contributed by atoms with Gasteiger partial charge < -0.3 is 10.6 Å². The molecule has 2 N–H and O–H groups in total. The number of nitrogens with one attached hydrogen (secondary N) is 2. The third-order valence-corrected chi connectivity index (χ3v) is 9.58. The molecule has 0 saturated heterocycles. The van der Waals surface area contributed by atoms with E-state index >= 15 is 0 Å². The minimum absolute atomic E-state index is 0. The van der Waals surface area contributed by atoms with E-state index in [1.54, 1.807) is 30.3 Å². The van der Waals surface area contributed by atoms with Gasteiger partial charge in [0.15, 0.2) is 0 Å². The third kappa shape index (κ3) is 9.12. The van der Waals surface area contributed by atoms with E-state index in [0.29, 0.717) is 27.4 Å². The van der Waals surface area contributed by atoms with Crippen LogP contribution in [0.1, 0.15) is 53.3 Å². The Kier molecular flexibility index (Phi) is 13.5. The highest BCUT2D eigenvalue weighted by molar-refractivity contribution is 9.10. The molecule has 0 saturated carbocycles. The molecule has 4 aromatic carbocycles. The van der Waals surface area contributed by atoms with E-state index in [9.17, 15) is 18.4 Å². The van der Waals surface area contributed by atoms with Crippen molar-refractivity contribution < 1.29 is 8.78 Å². The SMILES string of the molecule is C#Cc1cccc(F)c1.CNCC1CCc2nc3cc(Br)ccc3c(=O)n21.CNCC1CCc2nc3cc(C#Cc4cccc(F)c4)ccc3c(=O)n21.Cl. The van der Waals surface area contributed by atoms with E-state index in [-0.39, 0.29) is 47.2 Å². The van der Waals surface area contributed by atoms with Crippen molar-refractivity contribution in [3.8, 4) is 24.2 Å². The lowest BCUT2D eigenvalue weighted by molar-refractivity contribution is 0.489. The second-order valence-corrected chi connectivity index (χ2v) is 13.6. The van der Waals surface area contributed by atoms with Crippen molar-refractivity contribution in [2.75, 3.05) is 27.2 Å². The van der Waals surface area contributed by atoms with E-state index in [2.05, 4.69) is 54.3 Å². The fraction of sp³-hybridized carbons (Fsp3) is 0.238. The molecule has 2 aliphatic heterocycles. The predicted octanol–water partition coefficient (Wildman–Crippen LogP) is 6.74. The largest absolute Gasteiger partial charge is 0.318 e. The van der Waals surface area contributed by atoms with E-state index in [1.165, 1.54) is 24.3 Å². The number of aryl methyl sites for hydroxylation is 2. The van der Waals surface area contributed by atoms with Gasteiger partial charge in [0.1, 0.15) is 23.3 Å². The van der Waals surface area contributed by atoms with Gasteiger partial charge in [-0.3, -0.25) is 18.7 Å².